The lowest BCUT2D eigenvalue weighted by atomic mass is 10.4. The molecule has 0 radical (unpaired) electrons. The third-order valence-electron chi connectivity index (χ3n) is 2.03. The van der Waals surface area contributed by atoms with E-state index in [-0.39, 0.29) is 24.8 Å². The summed E-state index contributed by atoms with van der Waals surface area (Å²) in [7, 11) is 0. The Morgan fingerprint density at radius 2 is 1.94 bits per heavy atom. The topological polar surface area (TPSA) is 95.6 Å². The molecule has 2 aromatic rings. The number of nitrogens with two attached hydrogens (primary N) is 2. The van der Waals surface area contributed by atoms with Gasteiger partial charge in [-0.1, -0.05) is 0 Å². The highest BCUT2D eigenvalue weighted by Crippen LogP contribution is 2.13. The molecule has 90 valence electrons. The van der Waals surface area contributed by atoms with E-state index in [0.29, 0.717) is 17.9 Å². The van der Waals surface area contributed by atoms with E-state index in [2.05, 4.69) is 15.0 Å². The number of anilines is 1. The van der Waals surface area contributed by atoms with Gasteiger partial charge in [-0.3, -0.25) is 0 Å². The van der Waals surface area contributed by atoms with E-state index in [9.17, 15) is 0 Å². The molecule has 0 aliphatic heterocycles. The minimum absolute atomic E-state index is 0. The molecule has 4 N–H and O–H groups in total. The maximum Gasteiger partial charge on any atom is 0.165 e. The molecular formula is C8H14Cl2N6. The minimum Gasteiger partial charge on any atom is -0.382 e. The zero-order chi connectivity index (χ0) is 9.97. The van der Waals surface area contributed by atoms with Gasteiger partial charge >= 0.3 is 0 Å². The summed E-state index contributed by atoms with van der Waals surface area (Å²) in [6, 6.07) is 0. The number of fused-ring (bicyclic) bond motifs is 1. The molecule has 0 aliphatic rings. The molecule has 0 spiro atoms. The Morgan fingerprint density at radius 1 is 1.19 bits per heavy atom. The Bertz CT molecular complexity index is 443. The molecule has 0 bridgehead atoms. The maximum absolute atomic E-state index is 5.65. The van der Waals surface area contributed by atoms with E-state index < -0.39 is 0 Å². The average molecular weight is 265 g/mol. The first-order chi connectivity index (χ1) is 6.83. The van der Waals surface area contributed by atoms with Crippen LogP contribution in [0.4, 0.5) is 5.82 Å². The van der Waals surface area contributed by atoms with Crippen molar-refractivity contribution >= 4 is 41.8 Å². The van der Waals surface area contributed by atoms with E-state index in [1.165, 1.54) is 6.33 Å². The van der Waals surface area contributed by atoms with E-state index >= 15 is 0 Å². The van der Waals surface area contributed by atoms with Gasteiger partial charge in [0.15, 0.2) is 11.5 Å². The number of nitrogen functional groups attached to an aromatic ring is 1. The highest BCUT2D eigenvalue weighted by atomic mass is 35.5. The number of hydrogen-bond donors (Lipinski definition) is 2. The summed E-state index contributed by atoms with van der Waals surface area (Å²) >= 11 is 0. The Morgan fingerprint density at radius 3 is 2.62 bits per heavy atom. The predicted octanol–water partition coefficient (Wildman–Crippen LogP) is 0.601. The highest BCUT2D eigenvalue weighted by Gasteiger charge is 2.06. The van der Waals surface area contributed by atoms with Gasteiger partial charge in [-0.15, -0.1) is 24.8 Å². The van der Waals surface area contributed by atoms with Crippen molar-refractivity contribution in [2.75, 3.05) is 12.3 Å². The Kier molecular flexibility index (Phi) is 6.02. The van der Waals surface area contributed by atoms with Crippen molar-refractivity contribution in [1.29, 1.82) is 0 Å². The van der Waals surface area contributed by atoms with Crippen LogP contribution in [-0.4, -0.2) is 26.1 Å². The van der Waals surface area contributed by atoms with Crippen molar-refractivity contribution < 1.29 is 0 Å². The van der Waals surface area contributed by atoms with Crippen LogP contribution < -0.4 is 11.5 Å². The zero-order valence-electron chi connectivity index (χ0n) is 8.54. The molecule has 2 rings (SSSR count). The van der Waals surface area contributed by atoms with E-state index in [4.69, 9.17) is 11.5 Å². The first-order valence-corrected chi connectivity index (χ1v) is 4.44. The summed E-state index contributed by atoms with van der Waals surface area (Å²) in [5.74, 6) is 0.418. The lowest BCUT2D eigenvalue weighted by Crippen LogP contribution is -2.05. The minimum atomic E-state index is 0. The smallest absolute Gasteiger partial charge is 0.165 e. The number of aryl methyl sites for hydroxylation is 1. The second-order valence-corrected chi connectivity index (χ2v) is 3.01. The van der Waals surface area contributed by atoms with E-state index in [1.807, 2.05) is 4.57 Å². The van der Waals surface area contributed by atoms with E-state index in [0.717, 1.165) is 18.6 Å². The summed E-state index contributed by atoms with van der Waals surface area (Å²) in [5.41, 5.74) is 12.5. The lowest BCUT2D eigenvalue weighted by molar-refractivity contribution is 0.661. The average Bonchev–Trinajstić information content (AvgIpc) is 2.60. The van der Waals surface area contributed by atoms with Gasteiger partial charge in [0.2, 0.25) is 0 Å². The van der Waals surface area contributed by atoms with Gasteiger partial charge in [-0.05, 0) is 13.0 Å². The number of rotatable bonds is 3. The Balaban J connectivity index is 0.00000112. The second kappa shape index (κ2) is 6.47. The van der Waals surface area contributed by atoms with Crippen LogP contribution in [0.25, 0.3) is 11.2 Å². The molecule has 0 saturated heterocycles. The van der Waals surface area contributed by atoms with Crippen LogP contribution in [0.3, 0.4) is 0 Å². The predicted molar refractivity (Wildman–Crippen MR) is 67.9 cm³/mol. The number of nitrogens with zero attached hydrogens (tertiary/aromatic N) is 4. The molecule has 8 heteroatoms. The fourth-order valence-corrected chi connectivity index (χ4v) is 1.32. The molecule has 2 aromatic heterocycles. The molecular weight excluding hydrogens is 251 g/mol. The number of hydrogen-bond acceptors (Lipinski definition) is 5. The van der Waals surface area contributed by atoms with Crippen molar-refractivity contribution in [1.82, 2.24) is 19.5 Å². The van der Waals surface area contributed by atoms with Gasteiger partial charge in [0.1, 0.15) is 11.8 Å². The third kappa shape index (κ3) is 2.72. The summed E-state index contributed by atoms with van der Waals surface area (Å²) in [4.78, 5) is 12.1. The molecule has 0 aromatic carbocycles. The van der Waals surface area contributed by atoms with Crippen LogP contribution in [-0.2, 0) is 6.54 Å². The Hall–Kier alpha value is -1.11. The van der Waals surface area contributed by atoms with Crippen LogP contribution in [0.2, 0.25) is 0 Å². The second-order valence-electron chi connectivity index (χ2n) is 3.01. The summed E-state index contributed by atoms with van der Waals surface area (Å²) in [5, 5.41) is 0. The molecule has 0 amide bonds. The fraction of sp³-hybridized carbons (Fsp3) is 0.375. The number of aromatic nitrogens is 4. The molecule has 0 unspecified atom stereocenters. The summed E-state index contributed by atoms with van der Waals surface area (Å²) in [6.07, 6.45) is 4.05. The molecule has 16 heavy (non-hydrogen) atoms. The van der Waals surface area contributed by atoms with Crippen molar-refractivity contribution in [2.45, 2.75) is 13.0 Å². The number of halogens is 2. The normalized spacial score (nSPS) is 9.56. The fourth-order valence-electron chi connectivity index (χ4n) is 1.32. The monoisotopic (exact) mass is 264 g/mol. The van der Waals surface area contributed by atoms with Crippen molar-refractivity contribution in [3.63, 3.8) is 0 Å². The number of imidazole rings is 1. The quantitative estimate of drug-likeness (QED) is 0.847. The maximum atomic E-state index is 5.65. The molecule has 0 aliphatic carbocycles. The van der Waals surface area contributed by atoms with Gasteiger partial charge < -0.3 is 16.0 Å². The molecule has 6 nitrogen and oxygen atoms in total. The van der Waals surface area contributed by atoms with Crippen LogP contribution in [0, 0.1) is 0 Å². The van der Waals surface area contributed by atoms with Gasteiger partial charge in [0.05, 0.1) is 6.33 Å². The largest absolute Gasteiger partial charge is 0.382 e. The first-order valence-electron chi connectivity index (χ1n) is 4.44. The standard InChI is InChI=1S/C8H12N6.2ClH/c9-2-1-3-14-5-13-6-7(10)11-4-12-8(6)14;;/h4-5H,1-3,9H2,(H2,10,11,12);2*1H. The summed E-state index contributed by atoms with van der Waals surface area (Å²) in [6.45, 7) is 1.46. The lowest BCUT2D eigenvalue weighted by Gasteiger charge is -2.00. The van der Waals surface area contributed by atoms with Crippen LogP contribution in [0.5, 0.6) is 0 Å². The van der Waals surface area contributed by atoms with Crippen LogP contribution in [0.1, 0.15) is 6.42 Å². The van der Waals surface area contributed by atoms with Crippen LogP contribution >= 0.6 is 24.8 Å². The third-order valence-corrected chi connectivity index (χ3v) is 2.03. The molecule has 2 heterocycles. The van der Waals surface area contributed by atoms with E-state index in [1.54, 1.807) is 6.33 Å². The van der Waals surface area contributed by atoms with Gasteiger partial charge in [0.25, 0.3) is 0 Å². The molecule has 0 saturated carbocycles. The zero-order valence-corrected chi connectivity index (χ0v) is 10.2. The first kappa shape index (κ1) is 14.9. The highest BCUT2D eigenvalue weighted by molar-refractivity contribution is 5.85. The SMILES string of the molecule is Cl.Cl.NCCCn1cnc2c(N)ncnc21. The van der Waals surface area contributed by atoms with Gasteiger partial charge in [0, 0.05) is 6.54 Å². The van der Waals surface area contributed by atoms with Crippen LogP contribution in [0.15, 0.2) is 12.7 Å². The van der Waals surface area contributed by atoms with Gasteiger partial charge in [-0.2, -0.15) is 0 Å². The molecule has 0 atom stereocenters. The van der Waals surface area contributed by atoms with Gasteiger partial charge in [-0.25, -0.2) is 15.0 Å². The Labute approximate surface area is 105 Å². The molecule has 0 fully saturated rings. The van der Waals surface area contributed by atoms with Crippen molar-refractivity contribution in [2.24, 2.45) is 5.73 Å². The van der Waals surface area contributed by atoms with Crippen molar-refractivity contribution in [3.8, 4) is 0 Å². The summed E-state index contributed by atoms with van der Waals surface area (Å²) < 4.78 is 1.93. The van der Waals surface area contributed by atoms with Crippen molar-refractivity contribution in [3.05, 3.63) is 12.7 Å².